The molecule has 1 saturated heterocycles. The van der Waals surface area contributed by atoms with E-state index in [4.69, 9.17) is 5.11 Å². The van der Waals surface area contributed by atoms with Crippen molar-refractivity contribution in [2.75, 3.05) is 12.3 Å². The summed E-state index contributed by atoms with van der Waals surface area (Å²) < 4.78 is 0. The molecule has 3 fully saturated rings. The molecule has 8 heteroatoms. The van der Waals surface area contributed by atoms with Crippen molar-refractivity contribution in [3.05, 3.63) is 0 Å². The topological polar surface area (TPSA) is 93.4 Å². The number of aliphatic hydroxyl groups excluding tert-OH is 1. The van der Waals surface area contributed by atoms with E-state index in [1.807, 2.05) is 16.7 Å². The number of urea groups is 1. The first-order valence-electron chi connectivity index (χ1n) is 11.2. The third kappa shape index (κ3) is 5.66. The van der Waals surface area contributed by atoms with Gasteiger partial charge in [0.2, 0.25) is 0 Å². The van der Waals surface area contributed by atoms with Gasteiger partial charge < -0.3 is 15.1 Å². The Bertz CT molecular complexity index is 596. The quantitative estimate of drug-likeness (QED) is 0.412. The van der Waals surface area contributed by atoms with Gasteiger partial charge in [-0.15, -0.1) is 0 Å². The summed E-state index contributed by atoms with van der Waals surface area (Å²) in [5.74, 6) is 0.349. The van der Waals surface area contributed by atoms with Gasteiger partial charge in [0.15, 0.2) is 0 Å². The third-order valence-corrected chi connectivity index (χ3v) is 7.82. The van der Waals surface area contributed by atoms with Crippen LogP contribution in [0.5, 0.6) is 0 Å². The minimum absolute atomic E-state index is 0.0386. The van der Waals surface area contributed by atoms with Crippen molar-refractivity contribution in [1.29, 1.82) is 0 Å². The first-order valence-corrected chi connectivity index (χ1v) is 12.2. The Kier molecular flexibility index (Phi) is 8.24. The molecular weight excluding hydrogens is 390 g/mol. The number of hydrogen-bond donors (Lipinski definition) is 2. The predicted molar refractivity (Wildman–Crippen MR) is 115 cm³/mol. The molecule has 3 aliphatic rings. The van der Waals surface area contributed by atoms with Crippen LogP contribution in [-0.2, 0) is 4.79 Å². The number of carboxylic acids is 1. The fourth-order valence-electron chi connectivity index (χ4n) is 4.95. The van der Waals surface area contributed by atoms with E-state index in [9.17, 15) is 14.7 Å². The molecule has 3 rings (SSSR count). The average molecular weight is 426 g/mol. The van der Waals surface area contributed by atoms with Crippen molar-refractivity contribution in [2.45, 2.75) is 94.6 Å². The first-order chi connectivity index (χ1) is 14.0. The Balaban J connectivity index is 1.60. The van der Waals surface area contributed by atoms with Gasteiger partial charge in [-0.2, -0.15) is 16.9 Å². The maximum Gasteiger partial charge on any atom is 0.341 e. The summed E-state index contributed by atoms with van der Waals surface area (Å²) in [6.45, 7) is 2.81. The normalized spacial score (nSPS) is 29.0. The molecule has 7 nitrogen and oxygen atoms in total. The molecule has 0 aromatic carbocycles. The average Bonchev–Trinajstić information content (AvgIpc) is 3.22. The van der Waals surface area contributed by atoms with Crippen LogP contribution in [0.25, 0.3) is 0 Å². The second kappa shape index (κ2) is 10.7. The molecule has 29 heavy (non-hydrogen) atoms. The molecule has 2 amide bonds. The maximum absolute atomic E-state index is 12.9. The number of hydrazone groups is 1. The molecule has 0 spiro atoms. The minimum atomic E-state index is -0.745. The number of fused-ring (bicyclic) bond motifs is 1. The Labute approximate surface area is 177 Å². The molecule has 1 aliphatic heterocycles. The van der Waals surface area contributed by atoms with E-state index in [1.54, 1.807) is 11.2 Å². The van der Waals surface area contributed by atoms with E-state index >= 15 is 0 Å². The zero-order valence-electron chi connectivity index (χ0n) is 17.4. The highest BCUT2D eigenvalue weighted by Gasteiger charge is 2.51. The van der Waals surface area contributed by atoms with Gasteiger partial charge in [-0.25, -0.2) is 9.80 Å². The number of aliphatic carboxylic acids is 1. The summed E-state index contributed by atoms with van der Waals surface area (Å²) in [5.41, 5.74) is 0. The zero-order valence-corrected chi connectivity index (χ0v) is 18.2. The van der Waals surface area contributed by atoms with Crippen molar-refractivity contribution in [1.82, 2.24) is 9.91 Å². The molecule has 0 bridgehead atoms. The number of aliphatic hydroxyl groups is 1. The zero-order chi connectivity index (χ0) is 20.8. The lowest BCUT2D eigenvalue weighted by Crippen LogP contribution is -2.35. The van der Waals surface area contributed by atoms with Crippen LogP contribution in [0.4, 0.5) is 4.79 Å². The number of nitrogens with zero attached hydrogens (tertiary/aromatic N) is 3. The number of thioether (sulfide) groups is 1. The SMILES string of the molecule is CCCN1C(=O)N(/N=C/C(O)C2CCCCC2)C2CC(SCCCC(=O)O)CC21. The first kappa shape index (κ1) is 22.4. The second-order valence-corrected chi connectivity index (χ2v) is 9.98. The maximum atomic E-state index is 12.9. The Hall–Kier alpha value is -1.28. The van der Waals surface area contributed by atoms with Crippen molar-refractivity contribution >= 4 is 30.0 Å². The predicted octanol–water partition coefficient (Wildman–Crippen LogP) is 3.56. The highest BCUT2D eigenvalue weighted by molar-refractivity contribution is 7.99. The van der Waals surface area contributed by atoms with E-state index in [-0.39, 0.29) is 30.5 Å². The van der Waals surface area contributed by atoms with E-state index in [0.717, 1.165) is 57.2 Å². The van der Waals surface area contributed by atoms with Crippen LogP contribution in [-0.4, -0.2) is 74.1 Å². The molecular formula is C21H35N3O4S. The van der Waals surface area contributed by atoms with Crippen LogP contribution < -0.4 is 0 Å². The van der Waals surface area contributed by atoms with Gasteiger partial charge in [-0.1, -0.05) is 26.2 Å². The highest BCUT2D eigenvalue weighted by Crippen LogP contribution is 2.41. The van der Waals surface area contributed by atoms with Gasteiger partial charge in [-0.3, -0.25) is 4.79 Å². The lowest BCUT2D eigenvalue weighted by Gasteiger charge is -2.25. The molecule has 0 aromatic rings. The van der Waals surface area contributed by atoms with Crippen molar-refractivity contribution in [2.24, 2.45) is 11.0 Å². The summed E-state index contributed by atoms with van der Waals surface area (Å²) in [7, 11) is 0. The highest BCUT2D eigenvalue weighted by atomic mass is 32.2. The van der Waals surface area contributed by atoms with Crippen LogP contribution in [0.3, 0.4) is 0 Å². The fourth-order valence-corrected chi connectivity index (χ4v) is 6.26. The van der Waals surface area contributed by atoms with Gasteiger partial charge >= 0.3 is 12.0 Å². The molecule has 0 radical (unpaired) electrons. The molecule has 1 heterocycles. The molecule has 4 atom stereocenters. The smallest absolute Gasteiger partial charge is 0.341 e. The number of rotatable bonds is 10. The van der Waals surface area contributed by atoms with Crippen molar-refractivity contribution in [3.63, 3.8) is 0 Å². The molecule has 4 unspecified atom stereocenters. The second-order valence-electron chi connectivity index (χ2n) is 8.57. The van der Waals surface area contributed by atoms with Gasteiger partial charge in [0.1, 0.15) is 0 Å². The summed E-state index contributed by atoms with van der Waals surface area (Å²) in [4.78, 5) is 25.6. The van der Waals surface area contributed by atoms with Gasteiger partial charge in [0.05, 0.1) is 24.4 Å². The van der Waals surface area contributed by atoms with E-state index < -0.39 is 12.1 Å². The summed E-state index contributed by atoms with van der Waals surface area (Å²) >= 11 is 1.82. The van der Waals surface area contributed by atoms with Gasteiger partial charge in [0.25, 0.3) is 0 Å². The lowest BCUT2D eigenvalue weighted by molar-refractivity contribution is -0.137. The summed E-state index contributed by atoms with van der Waals surface area (Å²) in [6, 6.07) is 0.187. The monoisotopic (exact) mass is 425 g/mol. The van der Waals surface area contributed by atoms with Gasteiger partial charge in [0, 0.05) is 18.2 Å². The Morgan fingerprint density at radius 2 is 2.00 bits per heavy atom. The third-order valence-electron chi connectivity index (χ3n) is 6.44. The van der Waals surface area contributed by atoms with Crippen molar-refractivity contribution in [3.8, 4) is 0 Å². The number of carbonyl (C=O) groups is 2. The summed E-state index contributed by atoms with van der Waals surface area (Å²) in [6.07, 6.45) is 10.3. The molecule has 2 N–H and O–H groups in total. The van der Waals surface area contributed by atoms with Crippen LogP contribution in [0.15, 0.2) is 5.10 Å². The van der Waals surface area contributed by atoms with Crippen LogP contribution >= 0.6 is 11.8 Å². The number of carbonyl (C=O) groups excluding carboxylic acids is 1. The van der Waals surface area contributed by atoms with Gasteiger partial charge in [-0.05, 0) is 50.2 Å². The fraction of sp³-hybridized carbons (Fsp3) is 0.857. The standard InChI is InChI=1S/C21H35N3O4S/c1-2-10-23-17-12-16(29-11-6-9-20(26)27)13-18(17)24(21(23)28)22-14-19(25)15-7-4-3-5-8-15/h14-19,25H,2-13H2,1H3,(H,26,27)/b22-14+. The van der Waals surface area contributed by atoms with E-state index in [2.05, 4.69) is 12.0 Å². The van der Waals surface area contributed by atoms with E-state index in [1.165, 1.54) is 6.42 Å². The molecule has 2 aliphatic carbocycles. The number of hydrogen-bond acceptors (Lipinski definition) is 5. The molecule has 164 valence electrons. The van der Waals surface area contributed by atoms with E-state index in [0.29, 0.717) is 11.7 Å². The van der Waals surface area contributed by atoms with Crippen LogP contribution in [0.1, 0.15) is 71.1 Å². The summed E-state index contributed by atoms with van der Waals surface area (Å²) in [5, 5.41) is 25.8. The van der Waals surface area contributed by atoms with Crippen molar-refractivity contribution < 1.29 is 19.8 Å². The largest absolute Gasteiger partial charge is 0.481 e. The Morgan fingerprint density at radius 3 is 2.69 bits per heavy atom. The Morgan fingerprint density at radius 1 is 1.28 bits per heavy atom. The van der Waals surface area contributed by atoms with Crippen LogP contribution in [0.2, 0.25) is 0 Å². The molecule has 2 saturated carbocycles. The van der Waals surface area contributed by atoms with Crippen LogP contribution in [0, 0.1) is 5.92 Å². The lowest BCUT2D eigenvalue weighted by atomic mass is 9.86. The number of carboxylic acid groups (broad SMARTS) is 1. The number of amides is 2. The minimum Gasteiger partial charge on any atom is -0.481 e. The molecule has 0 aromatic heterocycles.